The average Bonchev–Trinajstić information content (AvgIpc) is 2.18. The van der Waals surface area contributed by atoms with Crippen LogP contribution in [0.5, 0.6) is 0 Å². The molecule has 0 fully saturated rings. The van der Waals surface area contributed by atoms with E-state index >= 15 is 0 Å². The molecule has 0 atom stereocenters. The molecule has 0 unspecified atom stereocenters. The smallest absolute Gasteiger partial charge is 0.298 e. The quantitative estimate of drug-likeness (QED) is 0.809. The van der Waals surface area contributed by atoms with Crippen LogP contribution in [0.3, 0.4) is 0 Å². The van der Waals surface area contributed by atoms with Crippen molar-refractivity contribution in [3.05, 3.63) is 34.9 Å². The third kappa shape index (κ3) is 6.58. The van der Waals surface area contributed by atoms with Gasteiger partial charge in [-0.3, -0.25) is 4.79 Å². The predicted molar refractivity (Wildman–Crippen MR) is 63.3 cm³/mol. The van der Waals surface area contributed by atoms with Gasteiger partial charge in [-0.2, -0.15) is 13.2 Å². The fourth-order valence-corrected chi connectivity index (χ4v) is 2.12. The van der Waals surface area contributed by atoms with Crippen LogP contribution in [0.4, 0.5) is 13.2 Å². The highest BCUT2D eigenvalue weighted by Gasteiger charge is 2.30. The molecule has 0 aliphatic heterocycles. The molecule has 6 heteroatoms. The lowest BCUT2D eigenvalue weighted by molar-refractivity contribution is -0.150. The van der Waals surface area contributed by atoms with Crippen LogP contribution in [0.2, 0.25) is 5.02 Å². The van der Waals surface area contributed by atoms with Gasteiger partial charge in [0.25, 0.3) is 0 Å². The number of rotatable bonds is 5. The zero-order valence-electron chi connectivity index (χ0n) is 8.76. The molecule has 0 heterocycles. The largest absolute Gasteiger partial charge is 0.395 e. The van der Waals surface area contributed by atoms with Gasteiger partial charge < -0.3 is 0 Å². The minimum Gasteiger partial charge on any atom is -0.298 e. The van der Waals surface area contributed by atoms with Crippen molar-refractivity contribution in [1.82, 2.24) is 0 Å². The van der Waals surface area contributed by atoms with Gasteiger partial charge in [0.1, 0.15) is 6.42 Å². The summed E-state index contributed by atoms with van der Waals surface area (Å²) >= 11 is 6.85. The second-order valence-electron chi connectivity index (χ2n) is 3.45. The van der Waals surface area contributed by atoms with Gasteiger partial charge in [-0.25, -0.2) is 0 Å². The average molecular weight is 283 g/mol. The Kier molecular flexibility index (Phi) is 5.33. The van der Waals surface area contributed by atoms with Gasteiger partial charge in [-0.05, 0) is 17.7 Å². The first kappa shape index (κ1) is 14.4. The molecule has 0 amide bonds. The predicted octanol–water partition coefficient (Wildman–Crippen LogP) is 4.09. The molecule has 0 bridgehead atoms. The summed E-state index contributed by atoms with van der Waals surface area (Å²) < 4.78 is 35.6. The van der Waals surface area contributed by atoms with Crippen molar-refractivity contribution in [3.63, 3.8) is 0 Å². The molecule has 0 aliphatic rings. The molecular formula is C11H10ClF3OS. The minimum atomic E-state index is -4.40. The number of halogens is 4. The number of hydrogen-bond donors (Lipinski definition) is 0. The molecule has 1 rings (SSSR count). The van der Waals surface area contributed by atoms with Crippen LogP contribution in [0.15, 0.2) is 24.3 Å². The summed E-state index contributed by atoms with van der Waals surface area (Å²) in [4.78, 5) is 10.9. The summed E-state index contributed by atoms with van der Waals surface area (Å²) in [6.07, 6.45) is -5.75. The van der Waals surface area contributed by atoms with Crippen LogP contribution in [-0.4, -0.2) is 17.7 Å². The number of benzene rings is 1. The van der Waals surface area contributed by atoms with Crippen LogP contribution in [0.25, 0.3) is 0 Å². The lowest BCUT2D eigenvalue weighted by Gasteiger charge is -2.05. The first-order valence-electron chi connectivity index (χ1n) is 4.77. The van der Waals surface area contributed by atoms with Crippen molar-refractivity contribution in [2.45, 2.75) is 18.3 Å². The molecule has 94 valence electrons. The number of carbonyl (C=O) groups is 1. The Morgan fingerprint density at radius 2 is 1.82 bits per heavy atom. The molecule has 1 nitrogen and oxygen atoms in total. The molecule has 0 radical (unpaired) electrons. The van der Waals surface area contributed by atoms with Crippen molar-refractivity contribution in [2.75, 3.05) is 5.75 Å². The van der Waals surface area contributed by atoms with Crippen molar-refractivity contribution < 1.29 is 18.0 Å². The summed E-state index contributed by atoms with van der Waals surface area (Å²) in [6.45, 7) is 0. The molecule has 1 aromatic rings. The Labute approximate surface area is 106 Å². The van der Waals surface area contributed by atoms with E-state index in [0.717, 1.165) is 5.56 Å². The maximum atomic E-state index is 11.9. The Morgan fingerprint density at radius 3 is 2.35 bits per heavy atom. The standard InChI is InChI=1S/C11H10ClF3OS/c12-9-3-1-8(2-4-9)6-17-7-10(16)5-11(13,14)15/h1-4H,5-7H2. The highest BCUT2D eigenvalue weighted by Crippen LogP contribution is 2.22. The van der Waals surface area contributed by atoms with E-state index in [0.29, 0.717) is 10.8 Å². The van der Waals surface area contributed by atoms with E-state index in [1.54, 1.807) is 24.3 Å². The Bertz CT molecular complexity index is 375. The van der Waals surface area contributed by atoms with Crippen LogP contribution >= 0.6 is 23.4 Å². The monoisotopic (exact) mass is 282 g/mol. The normalized spacial score (nSPS) is 11.5. The van der Waals surface area contributed by atoms with E-state index < -0.39 is 18.4 Å². The van der Waals surface area contributed by atoms with Gasteiger partial charge in [0.15, 0.2) is 5.78 Å². The molecule has 17 heavy (non-hydrogen) atoms. The van der Waals surface area contributed by atoms with Crippen LogP contribution in [0.1, 0.15) is 12.0 Å². The molecule has 0 aliphatic carbocycles. The third-order valence-electron chi connectivity index (χ3n) is 1.84. The first-order valence-corrected chi connectivity index (χ1v) is 6.31. The van der Waals surface area contributed by atoms with Crippen molar-refractivity contribution >= 4 is 29.1 Å². The summed E-state index contributed by atoms with van der Waals surface area (Å²) in [5.41, 5.74) is 0.930. The lowest BCUT2D eigenvalue weighted by Crippen LogP contribution is -2.16. The molecule has 1 aromatic carbocycles. The maximum Gasteiger partial charge on any atom is 0.395 e. The van der Waals surface area contributed by atoms with Gasteiger partial charge in [0, 0.05) is 10.8 Å². The zero-order chi connectivity index (χ0) is 12.9. The molecule has 0 saturated heterocycles. The maximum absolute atomic E-state index is 11.9. The number of carbonyl (C=O) groups excluding carboxylic acids is 1. The fourth-order valence-electron chi connectivity index (χ4n) is 1.14. The first-order chi connectivity index (χ1) is 7.87. The molecule has 0 N–H and O–H groups in total. The van der Waals surface area contributed by atoms with Crippen LogP contribution in [-0.2, 0) is 10.5 Å². The molecule has 0 saturated carbocycles. The summed E-state index contributed by atoms with van der Waals surface area (Å²) in [5, 5.41) is 0.604. The van der Waals surface area contributed by atoms with Gasteiger partial charge >= 0.3 is 6.18 Å². The van der Waals surface area contributed by atoms with Crippen LogP contribution in [0, 0.1) is 0 Å². The summed E-state index contributed by atoms with van der Waals surface area (Å²) in [5.74, 6) is -0.417. The Balaban J connectivity index is 2.28. The molecule has 0 aromatic heterocycles. The Hall–Kier alpha value is -0.680. The van der Waals surface area contributed by atoms with Gasteiger partial charge in [0.2, 0.25) is 0 Å². The topological polar surface area (TPSA) is 17.1 Å². The minimum absolute atomic E-state index is 0.123. The number of thioether (sulfide) groups is 1. The third-order valence-corrected chi connectivity index (χ3v) is 3.16. The highest BCUT2D eigenvalue weighted by molar-refractivity contribution is 7.99. The second-order valence-corrected chi connectivity index (χ2v) is 4.87. The second kappa shape index (κ2) is 6.31. The molecular weight excluding hydrogens is 273 g/mol. The summed E-state index contributed by atoms with van der Waals surface area (Å²) in [6, 6.07) is 6.97. The Morgan fingerprint density at radius 1 is 1.24 bits per heavy atom. The van der Waals surface area contributed by atoms with Crippen molar-refractivity contribution in [3.8, 4) is 0 Å². The van der Waals surface area contributed by atoms with E-state index in [1.807, 2.05) is 0 Å². The SMILES string of the molecule is O=C(CSCc1ccc(Cl)cc1)CC(F)(F)F. The summed E-state index contributed by atoms with van der Waals surface area (Å²) in [7, 11) is 0. The van der Waals surface area contributed by atoms with Gasteiger partial charge in [0.05, 0.1) is 5.75 Å². The van der Waals surface area contributed by atoms with E-state index in [2.05, 4.69) is 0 Å². The number of hydrogen-bond acceptors (Lipinski definition) is 2. The van der Waals surface area contributed by atoms with Gasteiger partial charge in [-0.1, -0.05) is 23.7 Å². The van der Waals surface area contributed by atoms with E-state index in [4.69, 9.17) is 11.6 Å². The van der Waals surface area contributed by atoms with E-state index in [9.17, 15) is 18.0 Å². The fraction of sp³-hybridized carbons (Fsp3) is 0.364. The van der Waals surface area contributed by atoms with E-state index in [1.165, 1.54) is 11.8 Å². The zero-order valence-corrected chi connectivity index (χ0v) is 10.3. The van der Waals surface area contributed by atoms with Crippen molar-refractivity contribution in [1.29, 1.82) is 0 Å². The molecule has 0 spiro atoms. The van der Waals surface area contributed by atoms with Gasteiger partial charge in [-0.15, -0.1) is 11.8 Å². The van der Waals surface area contributed by atoms with Crippen molar-refractivity contribution in [2.24, 2.45) is 0 Å². The number of ketones is 1. The van der Waals surface area contributed by atoms with Crippen LogP contribution < -0.4 is 0 Å². The lowest BCUT2D eigenvalue weighted by atomic mass is 10.2. The number of Topliss-reactive ketones (excluding diaryl/α,β-unsaturated/α-hetero) is 1. The van der Waals surface area contributed by atoms with E-state index in [-0.39, 0.29) is 5.75 Å². The highest BCUT2D eigenvalue weighted by atomic mass is 35.5. The number of alkyl halides is 3.